The second-order valence-corrected chi connectivity index (χ2v) is 5.62. The van der Waals surface area contributed by atoms with Crippen LogP contribution in [0.3, 0.4) is 0 Å². The van der Waals surface area contributed by atoms with Crippen molar-refractivity contribution in [2.24, 2.45) is 0 Å². The maximum absolute atomic E-state index is 13.8. The van der Waals surface area contributed by atoms with Gasteiger partial charge in [0.2, 0.25) is 0 Å². The molecule has 1 aliphatic rings. The highest BCUT2D eigenvalue weighted by atomic mass is 79.9. The highest BCUT2D eigenvalue weighted by Gasteiger charge is 2.33. The summed E-state index contributed by atoms with van der Waals surface area (Å²) in [5.74, 6) is -0.208. The molecular weight excluding hydrogens is 285 g/mol. The smallest absolute Gasteiger partial charge is 0.129 e. The van der Waals surface area contributed by atoms with Gasteiger partial charge >= 0.3 is 0 Å². The summed E-state index contributed by atoms with van der Waals surface area (Å²) in [4.78, 5) is 0. The van der Waals surface area contributed by atoms with Crippen molar-refractivity contribution in [1.29, 1.82) is 0 Å². The van der Waals surface area contributed by atoms with Crippen molar-refractivity contribution in [2.45, 2.75) is 32.0 Å². The number of rotatable bonds is 2. The van der Waals surface area contributed by atoms with Crippen molar-refractivity contribution in [3.63, 3.8) is 0 Å². The van der Waals surface area contributed by atoms with Crippen LogP contribution in [0.15, 0.2) is 22.7 Å². The van der Waals surface area contributed by atoms with E-state index in [2.05, 4.69) is 35.1 Å². The first-order valence-electron chi connectivity index (χ1n) is 5.87. The van der Waals surface area contributed by atoms with Crippen molar-refractivity contribution >= 4 is 15.9 Å². The predicted molar refractivity (Wildman–Crippen MR) is 69.5 cm³/mol. The Kier molecular flexibility index (Phi) is 3.85. The summed E-state index contributed by atoms with van der Waals surface area (Å²) in [6.45, 7) is 5.61. The third-order valence-electron chi connectivity index (χ3n) is 3.31. The molecule has 0 bridgehead atoms. The number of hydrogen-bond donors (Lipinski definition) is 1. The minimum atomic E-state index is -0.216. The summed E-state index contributed by atoms with van der Waals surface area (Å²) in [5, 5.41) is 3.31. The molecule has 0 saturated carbocycles. The minimum absolute atomic E-state index is 0.208. The van der Waals surface area contributed by atoms with Gasteiger partial charge in [0.25, 0.3) is 0 Å². The SMILES string of the molecule is CCC1(C)CNCC(c2cc(Br)ccc2F)O1. The van der Waals surface area contributed by atoms with E-state index in [0.29, 0.717) is 12.1 Å². The molecule has 2 unspecified atom stereocenters. The second-order valence-electron chi connectivity index (χ2n) is 4.71. The summed E-state index contributed by atoms with van der Waals surface area (Å²) < 4.78 is 20.7. The van der Waals surface area contributed by atoms with Crippen molar-refractivity contribution in [3.05, 3.63) is 34.1 Å². The Morgan fingerprint density at radius 3 is 3.06 bits per heavy atom. The highest BCUT2D eigenvalue weighted by Crippen LogP contribution is 2.31. The minimum Gasteiger partial charge on any atom is -0.365 e. The predicted octanol–water partition coefficient (Wildman–Crippen LogP) is 3.42. The van der Waals surface area contributed by atoms with Gasteiger partial charge in [-0.05, 0) is 31.5 Å². The Labute approximate surface area is 110 Å². The van der Waals surface area contributed by atoms with Gasteiger partial charge in [-0.1, -0.05) is 22.9 Å². The lowest BCUT2D eigenvalue weighted by molar-refractivity contribution is -0.110. The number of hydrogen-bond acceptors (Lipinski definition) is 2. The van der Waals surface area contributed by atoms with Gasteiger partial charge in [-0.2, -0.15) is 0 Å². The molecule has 4 heteroatoms. The molecule has 1 aliphatic heterocycles. The average Bonchev–Trinajstić information content (AvgIpc) is 2.32. The lowest BCUT2D eigenvalue weighted by atomic mass is 9.98. The Bertz CT molecular complexity index is 412. The molecule has 1 fully saturated rings. The number of benzene rings is 1. The van der Waals surface area contributed by atoms with Gasteiger partial charge in [0.1, 0.15) is 5.82 Å². The molecule has 0 amide bonds. The number of nitrogens with one attached hydrogen (secondary N) is 1. The Morgan fingerprint density at radius 1 is 1.59 bits per heavy atom. The van der Waals surface area contributed by atoms with Gasteiger partial charge in [-0.3, -0.25) is 0 Å². The molecule has 2 atom stereocenters. The number of halogens is 2. The maximum Gasteiger partial charge on any atom is 0.129 e. The number of morpholine rings is 1. The average molecular weight is 302 g/mol. The Hall–Kier alpha value is -0.450. The molecule has 1 N–H and O–H groups in total. The molecule has 0 aromatic heterocycles. The van der Waals surface area contributed by atoms with Crippen molar-refractivity contribution in [3.8, 4) is 0 Å². The Morgan fingerprint density at radius 2 is 2.35 bits per heavy atom. The standard InChI is InChI=1S/C13H17BrFNO/c1-3-13(2)8-16-7-12(17-13)10-6-9(14)4-5-11(10)15/h4-6,12,16H,3,7-8H2,1-2H3. The molecule has 1 aromatic rings. The lowest BCUT2D eigenvalue weighted by Gasteiger charge is -2.39. The van der Waals surface area contributed by atoms with Crippen LogP contribution in [-0.2, 0) is 4.74 Å². The van der Waals surface area contributed by atoms with Crippen LogP contribution in [0.2, 0.25) is 0 Å². The van der Waals surface area contributed by atoms with Crippen LogP contribution >= 0.6 is 15.9 Å². The van der Waals surface area contributed by atoms with Gasteiger partial charge in [-0.25, -0.2) is 4.39 Å². The van der Waals surface area contributed by atoms with Crippen LogP contribution in [-0.4, -0.2) is 18.7 Å². The first kappa shape index (κ1) is 13.0. The number of ether oxygens (including phenoxy) is 1. The lowest BCUT2D eigenvalue weighted by Crippen LogP contribution is -2.48. The normalized spacial score (nSPS) is 29.3. The van der Waals surface area contributed by atoms with E-state index in [4.69, 9.17) is 4.74 Å². The molecular formula is C13H17BrFNO. The Balaban J connectivity index is 2.24. The summed E-state index contributed by atoms with van der Waals surface area (Å²) in [6, 6.07) is 4.97. The molecule has 1 aromatic carbocycles. The summed E-state index contributed by atoms with van der Waals surface area (Å²) in [7, 11) is 0. The van der Waals surface area contributed by atoms with Crippen LogP contribution in [0.25, 0.3) is 0 Å². The molecule has 0 radical (unpaired) electrons. The quantitative estimate of drug-likeness (QED) is 0.904. The van der Waals surface area contributed by atoms with Crippen molar-refractivity contribution in [1.82, 2.24) is 5.32 Å². The van der Waals surface area contributed by atoms with E-state index in [9.17, 15) is 4.39 Å². The van der Waals surface area contributed by atoms with E-state index >= 15 is 0 Å². The van der Waals surface area contributed by atoms with Gasteiger partial charge in [-0.15, -0.1) is 0 Å². The van der Waals surface area contributed by atoms with Gasteiger partial charge < -0.3 is 10.1 Å². The molecule has 1 heterocycles. The molecule has 1 saturated heterocycles. The summed E-state index contributed by atoms with van der Waals surface area (Å²) in [6.07, 6.45) is 0.692. The fourth-order valence-electron chi connectivity index (χ4n) is 2.04. The molecule has 0 spiro atoms. The molecule has 2 rings (SSSR count). The monoisotopic (exact) mass is 301 g/mol. The zero-order chi connectivity index (χ0) is 12.5. The van der Waals surface area contributed by atoms with Crippen LogP contribution in [0.4, 0.5) is 4.39 Å². The summed E-state index contributed by atoms with van der Waals surface area (Å²) in [5.41, 5.74) is 0.406. The van der Waals surface area contributed by atoms with Crippen LogP contribution in [0.5, 0.6) is 0 Å². The third-order valence-corrected chi connectivity index (χ3v) is 3.80. The molecule has 2 nitrogen and oxygen atoms in total. The summed E-state index contributed by atoms with van der Waals surface area (Å²) >= 11 is 3.37. The van der Waals surface area contributed by atoms with Crippen LogP contribution < -0.4 is 5.32 Å². The van der Waals surface area contributed by atoms with Crippen molar-refractivity contribution < 1.29 is 9.13 Å². The topological polar surface area (TPSA) is 21.3 Å². The van der Waals surface area contributed by atoms with Crippen molar-refractivity contribution in [2.75, 3.05) is 13.1 Å². The van der Waals surface area contributed by atoms with Gasteiger partial charge in [0.15, 0.2) is 0 Å². The molecule has 94 valence electrons. The first-order chi connectivity index (χ1) is 8.04. The zero-order valence-electron chi connectivity index (χ0n) is 10.1. The zero-order valence-corrected chi connectivity index (χ0v) is 11.7. The van der Waals surface area contributed by atoms with E-state index in [1.165, 1.54) is 6.07 Å². The third kappa shape index (κ3) is 2.87. The first-order valence-corrected chi connectivity index (χ1v) is 6.67. The van der Waals surface area contributed by atoms with E-state index in [1.54, 1.807) is 12.1 Å². The molecule has 17 heavy (non-hydrogen) atoms. The van der Waals surface area contributed by atoms with E-state index in [1.807, 2.05) is 0 Å². The van der Waals surface area contributed by atoms with Gasteiger partial charge in [0.05, 0.1) is 11.7 Å². The largest absolute Gasteiger partial charge is 0.365 e. The van der Waals surface area contributed by atoms with E-state index < -0.39 is 0 Å². The van der Waals surface area contributed by atoms with Crippen LogP contribution in [0.1, 0.15) is 31.9 Å². The van der Waals surface area contributed by atoms with Gasteiger partial charge in [0, 0.05) is 23.1 Å². The van der Waals surface area contributed by atoms with E-state index in [0.717, 1.165) is 17.4 Å². The molecule has 0 aliphatic carbocycles. The second kappa shape index (κ2) is 5.04. The maximum atomic E-state index is 13.8. The fraction of sp³-hybridized carbons (Fsp3) is 0.538. The highest BCUT2D eigenvalue weighted by molar-refractivity contribution is 9.10. The van der Waals surface area contributed by atoms with Crippen LogP contribution in [0, 0.1) is 5.82 Å². The fourth-order valence-corrected chi connectivity index (χ4v) is 2.42. The van der Waals surface area contributed by atoms with E-state index in [-0.39, 0.29) is 17.5 Å².